The van der Waals surface area contributed by atoms with E-state index >= 15 is 0 Å². The molecule has 0 fully saturated rings. The van der Waals surface area contributed by atoms with Crippen LogP contribution in [-0.4, -0.2) is 34.6 Å². The molecule has 0 amide bonds. The highest BCUT2D eigenvalue weighted by Crippen LogP contribution is 2.30. The third kappa shape index (κ3) is 3.34. The molecule has 1 heterocycles. The topological polar surface area (TPSA) is 124 Å². The Morgan fingerprint density at radius 3 is 2.74 bits per heavy atom. The Balaban J connectivity index is 2.52. The number of nitrogens with one attached hydrogen (secondary N) is 1. The van der Waals surface area contributed by atoms with Crippen molar-refractivity contribution >= 4 is 11.7 Å². The Labute approximate surface area is 130 Å². The molecule has 1 N–H and O–H groups in total. The first-order valence-corrected chi connectivity index (χ1v) is 6.57. The molecule has 0 aliphatic carbocycles. The van der Waals surface area contributed by atoms with E-state index in [1.165, 1.54) is 25.3 Å². The van der Waals surface area contributed by atoms with Gasteiger partial charge >= 0.3 is 5.97 Å². The zero-order valence-corrected chi connectivity index (χ0v) is 12.4. The maximum absolute atomic E-state index is 12.0. The maximum Gasteiger partial charge on any atom is 0.345 e. The second-order valence-corrected chi connectivity index (χ2v) is 4.34. The van der Waals surface area contributed by atoms with Crippen molar-refractivity contribution in [2.75, 3.05) is 13.7 Å². The Kier molecular flexibility index (Phi) is 4.69. The van der Waals surface area contributed by atoms with E-state index in [1.807, 2.05) is 0 Å². The van der Waals surface area contributed by atoms with Gasteiger partial charge in [0.05, 0.1) is 24.2 Å². The van der Waals surface area contributed by atoms with E-state index in [0.717, 1.165) is 6.20 Å². The van der Waals surface area contributed by atoms with Gasteiger partial charge in [-0.1, -0.05) is 0 Å². The van der Waals surface area contributed by atoms with Crippen LogP contribution in [0.25, 0.3) is 11.4 Å². The number of methoxy groups -OCH3 is 1. The number of benzene rings is 1. The van der Waals surface area contributed by atoms with E-state index < -0.39 is 16.5 Å². The molecule has 2 aromatic rings. The number of H-pyrrole nitrogens is 1. The molecule has 0 spiro atoms. The van der Waals surface area contributed by atoms with E-state index in [9.17, 15) is 19.7 Å². The lowest BCUT2D eigenvalue weighted by Gasteiger charge is -2.08. The number of hydrogen-bond acceptors (Lipinski definition) is 7. The van der Waals surface area contributed by atoms with Crippen molar-refractivity contribution in [3.63, 3.8) is 0 Å². The van der Waals surface area contributed by atoms with Crippen molar-refractivity contribution in [1.29, 1.82) is 0 Å². The second kappa shape index (κ2) is 6.69. The van der Waals surface area contributed by atoms with Crippen molar-refractivity contribution in [3.8, 4) is 17.1 Å². The summed E-state index contributed by atoms with van der Waals surface area (Å²) in [5.41, 5.74) is -0.908. The van der Waals surface area contributed by atoms with Crippen LogP contribution in [0.15, 0.2) is 29.2 Å². The van der Waals surface area contributed by atoms with Crippen LogP contribution >= 0.6 is 0 Å². The van der Waals surface area contributed by atoms with Crippen molar-refractivity contribution in [2.45, 2.75) is 6.92 Å². The van der Waals surface area contributed by atoms with Gasteiger partial charge in [-0.2, -0.15) is 0 Å². The molecule has 0 unspecified atom stereocenters. The first-order chi connectivity index (χ1) is 11.0. The number of carbonyl (C=O) groups is 1. The molecule has 0 aliphatic rings. The van der Waals surface area contributed by atoms with Crippen molar-refractivity contribution in [2.24, 2.45) is 0 Å². The number of carbonyl (C=O) groups excluding carboxylic acids is 1. The fourth-order valence-corrected chi connectivity index (χ4v) is 1.88. The van der Waals surface area contributed by atoms with Crippen LogP contribution < -0.4 is 10.3 Å². The van der Waals surface area contributed by atoms with Crippen LogP contribution in [0.1, 0.15) is 17.3 Å². The predicted octanol–water partition coefficient (Wildman–Crippen LogP) is 1.53. The van der Waals surface area contributed by atoms with Gasteiger partial charge in [-0.15, -0.1) is 0 Å². The third-order valence-corrected chi connectivity index (χ3v) is 2.94. The van der Waals surface area contributed by atoms with Crippen LogP contribution in [0.2, 0.25) is 0 Å². The van der Waals surface area contributed by atoms with E-state index in [1.54, 1.807) is 6.92 Å². The fourth-order valence-electron chi connectivity index (χ4n) is 1.88. The normalized spacial score (nSPS) is 10.2. The van der Waals surface area contributed by atoms with E-state index in [4.69, 9.17) is 9.47 Å². The Bertz CT molecular complexity index is 814. The van der Waals surface area contributed by atoms with Crippen molar-refractivity contribution in [1.82, 2.24) is 9.97 Å². The number of nitro benzene ring substituents is 1. The van der Waals surface area contributed by atoms with Gasteiger partial charge in [0, 0.05) is 18.3 Å². The number of non-ortho nitro benzene ring substituents is 1. The average molecular weight is 319 g/mol. The van der Waals surface area contributed by atoms with Gasteiger partial charge in [-0.3, -0.25) is 14.9 Å². The summed E-state index contributed by atoms with van der Waals surface area (Å²) in [6, 6.07) is 3.89. The number of esters is 1. The minimum Gasteiger partial charge on any atom is -0.496 e. The van der Waals surface area contributed by atoms with Crippen LogP contribution in [-0.2, 0) is 4.74 Å². The summed E-state index contributed by atoms with van der Waals surface area (Å²) < 4.78 is 9.85. The van der Waals surface area contributed by atoms with Crippen LogP contribution in [0.5, 0.6) is 5.75 Å². The van der Waals surface area contributed by atoms with E-state index in [-0.39, 0.29) is 29.2 Å². The fraction of sp³-hybridized carbons (Fsp3) is 0.214. The molecule has 0 aliphatic heterocycles. The maximum atomic E-state index is 12.0. The SMILES string of the molecule is CCOC(=O)c1cnc(-c2cc([N+](=O)[O-])ccc2OC)[nH]c1=O. The lowest BCUT2D eigenvalue weighted by molar-refractivity contribution is -0.384. The van der Waals surface area contributed by atoms with Gasteiger partial charge in [0.25, 0.3) is 11.2 Å². The van der Waals surface area contributed by atoms with Gasteiger partial charge in [0.1, 0.15) is 17.1 Å². The highest BCUT2D eigenvalue weighted by Gasteiger charge is 2.17. The Hall–Kier alpha value is -3.23. The van der Waals surface area contributed by atoms with Crippen molar-refractivity contribution < 1.29 is 19.2 Å². The largest absolute Gasteiger partial charge is 0.496 e. The standard InChI is InChI=1S/C14H13N3O6/c1-3-23-14(19)10-7-15-12(16-13(10)18)9-6-8(17(20)21)4-5-11(9)22-2/h4-7H,3H2,1-2H3,(H,15,16,18). The minimum absolute atomic E-state index is 0.0450. The zero-order valence-electron chi connectivity index (χ0n) is 12.4. The summed E-state index contributed by atoms with van der Waals surface area (Å²) in [6.45, 7) is 1.74. The number of aromatic nitrogens is 2. The molecule has 23 heavy (non-hydrogen) atoms. The number of aromatic amines is 1. The third-order valence-electron chi connectivity index (χ3n) is 2.94. The number of nitrogens with zero attached hydrogens (tertiary/aromatic N) is 2. The van der Waals surface area contributed by atoms with Gasteiger partial charge in [0.2, 0.25) is 0 Å². The lowest BCUT2D eigenvalue weighted by Crippen LogP contribution is -2.21. The number of rotatable bonds is 5. The number of ether oxygens (including phenoxy) is 2. The molecule has 9 heteroatoms. The highest BCUT2D eigenvalue weighted by molar-refractivity contribution is 5.88. The van der Waals surface area contributed by atoms with Crippen LogP contribution in [0.3, 0.4) is 0 Å². The average Bonchev–Trinajstić information content (AvgIpc) is 2.54. The summed E-state index contributed by atoms with van der Waals surface area (Å²) in [6.07, 6.45) is 1.06. The smallest absolute Gasteiger partial charge is 0.345 e. The lowest BCUT2D eigenvalue weighted by atomic mass is 10.1. The zero-order chi connectivity index (χ0) is 17.0. The Morgan fingerprint density at radius 2 is 2.17 bits per heavy atom. The summed E-state index contributed by atoms with van der Waals surface area (Å²) in [7, 11) is 1.38. The van der Waals surface area contributed by atoms with Gasteiger partial charge < -0.3 is 14.5 Å². The molecule has 9 nitrogen and oxygen atoms in total. The minimum atomic E-state index is -0.793. The van der Waals surface area contributed by atoms with Gasteiger partial charge in [-0.25, -0.2) is 9.78 Å². The molecule has 2 rings (SSSR count). The summed E-state index contributed by atoms with van der Waals surface area (Å²) in [5.74, 6) is -0.454. The summed E-state index contributed by atoms with van der Waals surface area (Å²) in [5, 5.41) is 10.9. The molecule has 0 bridgehead atoms. The summed E-state index contributed by atoms with van der Waals surface area (Å²) >= 11 is 0. The first kappa shape index (κ1) is 16.1. The quantitative estimate of drug-likeness (QED) is 0.503. The number of nitro groups is 1. The molecule has 0 atom stereocenters. The molecule has 120 valence electrons. The summed E-state index contributed by atoms with van der Waals surface area (Å²) in [4.78, 5) is 40.2. The van der Waals surface area contributed by atoms with Crippen LogP contribution in [0.4, 0.5) is 5.69 Å². The molecular formula is C14H13N3O6. The molecule has 0 saturated carbocycles. The molecular weight excluding hydrogens is 306 g/mol. The number of hydrogen-bond donors (Lipinski definition) is 1. The van der Waals surface area contributed by atoms with Gasteiger partial charge in [0.15, 0.2) is 0 Å². The van der Waals surface area contributed by atoms with Crippen LogP contribution in [0, 0.1) is 10.1 Å². The molecule has 0 saturated heterocycles. The monoisotopic (exact) mass is 319 g/mol. The highest BCUT2D eigenvalue weighted by atomic mass is 16.6. The predicted molar refractivity (Wildman–Crippen MR) is 79.5 cm³/mol. The van der Waals surface area contributed by atoms with Gasteiger partial charge in [-0.05, 0) is 13.0 Å². The molecule has 1 aromatic heterocycles. The Morgan fingerprint density at radius 1 is 1.43 bits per heavy atom. The second-order valence-electron chi connectivity index (χ2n) is 4.34. The van der Waals surface area contributed by atoms with E-state index in [0.29, 0.717) is 5.75 Å². The van der Waals surface area contributed by atoms with E-state index in [2.05, 4.69) is 9.97 Å². The first-order valence-electron chi connectivity index (χ1n) is 6.57. The molecule has 1 aromatic carbocycles. The van der Waals surface area contributed by atoms with Crippen molar-refractivity contribution in [3.05, 3.63) is 50.4 Å². The molecule has 0 radical (unpaired) electrons.